The van der Waals surface area contributed by atoms with Crippen LogP contribution in [0.15, 0.2) is 27.4 Å². The first-order valence-corrected chi connectivity index (χ1v) is 4.43. The Morgan fingerprint density at radius 1 is 1.60 bits per heavy atom. The van der Waals surface area contributed by atoms with Crippen molar-refractivity contribution in [2.45, 2.75) is 6.54 Å². The quantitative estimate of drug-likeness (QED) is 0.576. The maximum Gasteiger partial charge on any atom is 0.419 e. The van der Waals surface area contributed by atoms with Gasteiger partial charge in [-0.05, 0) is 17.7 Å². The number of oxazole rings is 1. The van der Waals surface area contributed by atoms with E-state index in [0.29, 0.717) is 12.1 Å². The van der Waals surface area contributed by atoms with Crippen molar-refractivity contribution in [1.29, 1.82) is 5.26 Å². The number of hydrogen-bond acceptors (Lipinski definition) is 4. The van der Waals surface area contributed by atoms with Crippen molar-refractivity contribution in [2.75, 3.05) is 0 Å². The van der Waals surface area contributed by atoms with Crippen LogP contribution >= 0.6 is 0 Å². The SMILES string of the molecule is Cn1c(=O)oc2ccc(CNC#N)cc21. The van der Waals surface area contributed by atoms with Crippen LogP contribution in [0.2, 0.25) is 0 Å². The number of rotatable bonds is 2. The Labute approximate surface area is 85.5 Å². The van der Waals surface area contributed by atoms with Crippen LogP contribution in [-0.2, 0) is 13.6 Å². The van der Waals surface area contributed by atoms with Crippen molar-refractivity contribution >= 4 is 11.1 Å². The van der Waals surface area contributed by atoms with Gasteiger partial charge in [-0.25, -0.2) is 4.79 Å². The highest BCUT2D eigenvalue weighted by atomic mass is 16.4. The van der Waals surface area contributed by atoms with Crippen LogP contribution in [0.1, 0.15) is 5.56 Å². The van der Waals surface area contributed by atoms with Crippen molar-refractivity contribution < 1.29 is 4.42 Å². The maximum absolute atomic E-state index is 11.2. The fraction of sp³-hybridized carbons (Fsp3) is 0.200. The molecule has 1 aromatic carbocycles. The number of benzene rings is 1. The van der Waals surface area contributed by atoms with Gasteiger partial charge in [-0.15, -0.1) is 0 Å². The highest BCUT2D eigenvalue weighted by molar-refractivity contribution is 5.73. The fourth-order valence-corrected chi connectivity index (χ4v) is 1.42. The van der Waals surface area contributed by atoms with Gasteiger partial charge < -0.3 is 9.73 Å². The number of aromatic nitrogens is 1. The highest BCUT2D eigenvalue weighted by Crippen LogP contribution is 2.13. The molecule has 5 heteroatoms. The number of aryl methyl sites for hydroxylation is 1. The molecule has 0 radical (unpaired) electrons. The summed E-state index contributed by atoms with van der Waals surface area (Å²) in [4.78, 5) is 11.2. The topological polar surface area (TPSA) is 71.0 Å². The molecule has 0 spiro atoms. The van der Waals surface area contributed by atoms with Crippen LogP contribution in [0.5, 0.6) is 0 Å². The van der Waals surface area contributed by atoms with Crippen LogP contribution < -0.4 is 11.1 Å². The number of nitrogens with zero attached hydrogens (tertiary/aromatic N) is 2. The lowest BCUT2D eigenvalue weighted by Gasteiger charge is -1.98. The Balaban J connectivity index is 2.51. The van der Waals surface area contributed by atoms with E-state index >= 15 is 0 Å². The molecular formula is C10H9N3O2. The lowest BCUT2D eigenvalue weighted by molar-refractivity contribution is 0.528. The molecule has 0 bridgehead atoms. The number of hydrogen-bond donors (Lipinski definition) is 1. The molecule has 5 nitrogen and oxygen atoms in total. The molecule has 0 saturated carbocycles. The predicted octanol–water partition coefficient (Wildman–Crippen LogP) is 0.702. The van der Waals surface area contributed by atoms with E-state index in [2.05, 4.69) is 5.32 Å². The molecule has 2 aromatic rings. The molecule has 1 aromatic heterocycles. The fourth-order valence-electron chi connectivity index (χ4n) is 1.42. The Morgan fingerprint density at radius 2 is 2.40 bits per heavy atom. The number of nitrogens with one attached hydrogen (secondary N) is 1. The van der Waals surface area contributed by atoms with Crippen molar-refractivity contribution in [3.8, 4) is 6.19 Å². The lowest BCUT2D eigenvalue weighted by atomic mass is 10.2. The van der Waals surface area contributed by atoms with E-state index in [1.54, 1.807) is 13.1 Å². The predicted molar refractivity (Wildman–Crippen MR) is 53.9 cm³/mol. The van der Waals surface area contributed by atoms with E-state index in [9.17, 15) is 4.79 Å². The molecule has 0 aliphatic rings. The van der Waals surface area contributed by atoms with E-state index in [-0.39, 0.29) is 5.76 Å². The summed E-state index contributed by atoms with van der Waals surface area (Å²) in [5, 5.41) is 10.9. The number of nitriles is 1. The van der Waals surface area contributed by atoms with E-state index in [1.165, 1.54) is 4.57 Å². The zero-order chi connectivity index (χ0) is 10.8. The molecule has 0 atom stereocenters. The molecule has 76 valence electrons. The first-order valence-electron chi connectivity index (χ1n) is 4.43. The second-order valence-corrected chi connectivity index (χ2v) is 3.19. The van der Waals surface area contributed by atoms with Crippen LogP contribution in [0.3, 0.4) is 0 Å². The van der Waals surface area contributed by atoms with E-state index in [4.69, 9.17) is 9.68 Å². The van der Waals surface area contributed by atoms with Crippen LogP contribution in [0, 0.1) is 11.5 Å². The average molecular weight is 203 g/mol. The van der Waals surface area contributed by atoms with E-state index in [0.717, 1.165) is 11.1 Å². The van der Waals surface area contributed by atoms with Gasteiger partial charge in [0.1, 0.15) is 0 Å². The van der Waals surface area contributed by atoms with Crippen LogP contribution in [0.4, 0.5) is 0 Å². The summed E-state index contributed by atoms with van der Waals surface area (Å²) in [6.07, 6.45) is 1.84. The van der Waals surface area contributed by atoms with Crippen molar-refractivity contribution in [3.05, 3.63) is 34.3 Å². The second kappa shape index (κ2) is 3.50. The minimum absolute atomic E-state index is 0.379. The zero-order valence-electron chi connectivity index (χ0n) is 8.15. The van der Waals surface area contributed by atoms with Crippen LogP contribution in [-0.4, -0.2) is 4.57 Å². The minimum atomic E-state index is -0.379. The van der Waals surface area contributed by atoms with Gasteiger partial charge in [-0.1, -0.05) is 6.07 Å². The number of fused-ring (bicyclic) bond motifs is 1. The molecule has 0 saturated heterocycles. The lowest BCUT2D eigenvalue weighted by Crippen LogP contribution is -2.09. The first-order chi connectivity index (χ1) is 7.22. The maximum atomic E-state index is 11.2. The van der Waals surface area contributed by atoms with Gasteiger partial charge in [-0.3, -0.25) is 4.57 Å². The van der Waals surface area contributed by atoms with Crippen molar-refractivity contribution in [3.63, 3.8) is 0 Å². The summed E-state index contributed by atoms with van der Waals surface area (Å²) in [6, 6.07) is 5.37. The molecule has 1 N–H and O–H groups in total. The normalized spacial score (nSPS) is 10.1. The summed E-state index contributed by atoms with van der Waals surface area (Å²) in [5.74, 6) is -0.379. The largest absolute Gasteiger partial charge is 0.419 e. The third-order valence-corrected chi connectivity index (χ3v) is 2.23. The Bertz CT molecular complexity index is 589. The zero-order valence-corrected chi connectivity index (χ0v) is 8.15. The summed E-state index contributed by atoms with van der Waals surface area (Å²) < 4.78 is 6.42. The molecule has 0 aliphatic carbocycles. The summed E-state index contributed by atoms with van der Waals surface area (Å²) in [7, 11) is 1.65. The standard InChI is InChI=1S/C10H9N3O2/c1-13-8-4-7(5-12-6-11)2-3-9(8)15-10(13)14/h2-4,12H,5H2,1H3. The Morgan fingerprint density at radius 3 is 3.13 bits per heavy atom. The smallest absolute Gasteiger partial charge is 0.408 e. The van der Waals surface area contributed by atoms with Gasteiger partial charge >= 0.3 is 5.76 Å². The molecular weight excluding hydrogens is 194 g/mol. The summed E-state index contributed by atoms with van der Waals surface area (Å²) in [5.41, 5.74) is 2.22. The minimum Gasteiger partial charge on any atom is -0.408 e. The van der Waals surface area contributed by atoms with Crippen molar-refractivity contribution in [2.24, 2.45) is 7.05 Å². The molecule has 2 rings (SSSR count). The molecule has 0 fully saturated rings. The van der Waals surface area contributed by atoms with Gasteiger partial charge in [0, 0.05) is 13.6 Å². The second-order valence-electron chi connectivity index (χ2n) is 3.19. The highest BCUT2D eigenvalue weighted by Gasteiger charge is 2.05. The molecule has 0 unspecified atom stereocenters. The van der Waals surface area contributed by atoms with E-state index < -0.39 is 0 Å². The molecule has 0 amide bonds. The van der Waals surface area contributed by atoms with Gasteiger partial charge in [0.2, 0.25) is 0 Å². The van der Waals surface area contributed by atoms with Gasteiger partial charge in [0.25, 0.3) is 0 Å². The first kappa shape index (κ1) is 9.34. The third kappa shape index (κ3) is 1.57. The average Bonchev–Trinajstić information content (AvgIpc) is 2.52. The molecule has 0 aliphatic heterocycles. The van der Waals surface area contributed by atoms with Crippen LogP contribution in [0.25, 0.3) is 11.1 Å². The van der Waals surface area contributed by atoms with Crippen molar-refractivity contribution in [1.82, 2.24) is 9.88 Å². The molecule has 15 heavy (non-hydrogen) atoms. The van der Waals surface area contributed by atoms with E-state index in [1.807, 2.05) is 18.3 Å². The monoisotopic (exact) mass is 203 g/mol. The Hall–Kier alpha value is -2.22. The van der Waals surface area contributed by atoms with Gasteiger partial charge in [-0.2, -0.15) is 5.26 Å². The van der Waals surface area contributed by atoms with Gasteiger partial charge in [0.05, 0.1) is 5.52 Å². The summed E-state index contributed by atoms with van der Waals surface area (Å²) >= 11 is 0. The van der Waals surface area contributed by atoms with Gasteiger partial charge in [0.15, 0.2) is 11.8 Å². The molecule has 1 heterocycles. The Kier molecular flexibility index (Phi) is 2.18. The third-order valence-electron chi connectivity index (χ3n) is 2.23. The summed E-state index contributed by atoms with van der Waals surface area (Å²) in [6.45, 7) is 0.450.